The van der Waals surface area contributed by atoms with Crippen LogP contribution in [0.3, 0.4) is 0 Å². The number of unbranched alkanes of at least 4 members (excludes halogenated alkanes) is 1. The van der Waals surface area contributed by atoms with Gasteiger partial charge in [0.2, 0.25) is 11.8 Å². The van der Waals surface area contributed by atoms with E-state index >= 15 is 0 Å². The van der Waals surface area contributed by atoms with Crippen LogP contribution in [0.25, 0.3) is 0 Å². The van der Waals surface area contributed by atoms with Gasteiger partial charge >= 0.3 is 0 Å². The molecule has 2 atom stereocenters. The van der Waals surface area contributed by atoms with Gasteiger partial charge in [0.1, 0.15) is 12.1 Å². The summed E-state index contributed by atoms with van der Waals surface area (Å²) < 4.78 is 0. The second kappa shape index (κ2) is 8.69. The number of carbonyl (C=O) groups is 2. The molecule has 18 heavy (non-hydrogen) atoms. The van der Waals surface area contributed by atoms with Crippen LogP contribution in [0, 0.1) is 5.92 Å². The van der Waals surface area contributed by atoms with Gasteiger partial charge < -0.3 is 16.2 Å². The highest BCUT2D eigenvalue weighted by atomic mass is 16.3. The lowest BCUT2D eigenvalue weighted by atomic mass is 10.0. The van der Waals surface area contributed by atoms with Gasteiger partial charge in [0.15, 0.2) is 0 Å². The zero-order valence-electron chi connectivity index (χ0n) is 11.2. The van der Waals surface area contributed by atoms with Crippen LogP contribution in [0.2, 0.25) is 0 Å². The smallest absolute Gasteiger partial charge is 0.249 e. The second-order valence-electron chi connectivity index (χ2n) is 4.83. The fourth-order valence-electron chi connectivity index (χ4n) is 1.57. The Hall–Kier alpha value is -1.36. The highest BCUT2D eigenvalue weighted by molar-refractivity contribution is 5.88. The molecule has 0 saturated carbocycles. The number of allylic oxidation sites excluding steroid dienone is 1. The van der Waals surface area contributed by atoms with Crippen LogP contribution in [0.15, 0.2) is 12.7 Å². The Morgan fingerprint density at radius 2 is 2.06 bits per heavy atom. The molecule has 0 radical (unpaired) electrons. The molecule has 0 rings (SSSR count). The van der Waals surface area contributed by atoms with Crippen molar-refractivity contribution in [3.8, 4) is 0 Å². The molecule has 0 heterocycles. The van der Waals surface area contributed by atoms with E-state index in [1.807, 2.05) is 13.8 Å². The Labute approximate surface area is 108 Å². The zero-order chi connectivity index (χ0) is 14.1. The third-order valence-corrected chi connectivity index (χ3v) is 2.56. The molecule has 0 bridgehead atoms. The van der Waals surface area contributed by atoms with E-state index in [0.29, 0.717) is 12.8 Å². The number of hydrogen-bond acceptors (Lipinski definition) is 3. The average molecular weight is 256 g/mol. The van der Waals surface area contributed by atoms with Gasteiger partial charge in [0, 0.05) is 0 Å². The Bertz CT molecular complexity index is 290. The molecular weight excluding hydrogens is 232 g/mol. The lowest BCUT2D eigenvalue weighted by Gasteiger charge is -2.18. The Morgan fingerprint density at radius 3 is 2.50 bits per heavy atom. The van der Waals surface area contributed by atoms with Gasteiger partial charge in [0.05, 0.1) is 0 Å². The number of carbonyl (C=O) groups excluding carboxylic acids is 2. The molecule has 0 aliphatic rings. The maximum Gasteiger partial charge on any atom is 0.249 e. The van der Waals surface area contributed by atoms with Crippen molar-refractivity contribution in [3.63, 3.8) is 0 Å². The van der Waals surface area contributed by atoms with Gasteiger partial charge in [0.25, 0.3) is 0 Å². The normalized spacial score (nSPS) is 14.0. The summed E-state index contributed by atoms with van der Waals surface area (Å²) in [5, 5.41) is 12.1. The van der Waals surface area contributed by atoms with Crippen molar-refractivity contribution in [2.24, 2.45) is 11.7 Å². The van der Waals surface area contributed by atoms with Crippen molar-refractivity contribution in [2.45, 2.75) is 51.7 Å². The van der Waals surface area contributed by atoms with Crippen LogP contribution in [0.4, 0.5) is 0 Å². The fraction of sp³-hybridized carbons (Fsp3) is 0.692. The molecule has 0 aliphatic carbocycles. The minimum absolute atomic E-state index is 0.207. The number of nitrogens with two attached hydrogens (primary N) is 1. The predicted octanol–water partition coefficient (Wildman–Crippen LogP) is 0.720. The van der Waals surface area contributed by atoms with E-state index in [9.17, 15) is 14.7 Å². The van der Waals surface area contributed by atoms with Crippen LogP contribution in [0.1, 0.15) is 39.5 Å². The second-order valence-corrected chi connectivity index (χ2v) is 4.83. The number of amides is 2. The van der Waals surface area contributed by atoms with Crippen molar-refractivity contribution in [1.82, 2.24) is 5.32 Å². The highest BCUT2D eigenvalue weighted by Gasteiger charge is 2.22. The zero-order valence-corrected chi connectivity index (χ0v) is 11.2. The Kier molecular flexibility index (Phi) is 8.03. The number of aliphatic hydroxyl groups excluding tert-OH is 1. The Morgan fingerprint density at radius 1 is 1.44 bits per heavy atom. The maximum atomic E-state index is 11.6. The van der Waals surface area contributed by atoms with Crippen molar-refractivity contribution >= 4 is 11.8 Å². The van der Waals surface area contributed by atoms with Crippen LogP contribution in [0.5, 0.6) is 0 Å². The standard InChI is InChI=1S/C13H24N2O3/c1-4-5-6-7-10(12(14)17)15-13(18)11(16)8-9(2)3/h4,9-11,16H,1,5-8H2,2-3H3,(H2,14,17)(H,15,18)/t10-,11-/m0/s1. The Balaban J connectivity index is 4.26. The molecule has 0 unspecified atom stereocenters. The summed E-state index contributed by atoms with van der Waals surface area (Å²) in [6, 6.07) is -0.723. The van der Waals surface area contributed by atoms with E-state index in [-0.39, 0.29) is 5.92 Å². The molecular formula is C13H24N2O3. The molecule has 0 fully saturated rings. The van der Waals surface area contributed by atoms with Crippen LogP contribution in [-0.4, -0.2) is 29.1 Å². The monoisotopic (exact) mass is 256 g/mol. The lowest BCUT2D eigenvalue weighted by Crippen LogP contribution is -2.48. The summed E-state index contributed by atoms with van der Waals surface area (Å²) in [4.78, 5) is 22.8. The molecule has 0 aromatic rings. The predicted molar refractivity (Wildman–Crippen MR) is 70.6 cm³/mol. The number of primary amides is 1. The minimum Gasteiger partial charge on any atom is -0.383 e. The van der Waals surface area contributed by atoms with Crippen LogP contribution >= 0.6 is 0 Å². The average Bonchev–Trinajstić information content (AvgIpc) is 2.26. The van der Waals surface area contributed by atoms with Gasteiger partial charge in [-0.3, -0.25) is 9.59 Å². The number of nitrogens with one attached hydrogen (secondary N) is 1. The van der Waals surface area contributed by atoms with E-state index in [1.54, 1.807) is 6.08 Å². The van der Waals surface area contributed by atoms with Gasteiger partial charge in [-0.2, -0.15) is 0 Å². The first-order valence-electron chi connectivity index (χ1n) is 6.27. The van der Waals surface area contributed by atoms with E-state index in [1.165, 1.54) is 0 Å². The number of hydrogen-bond donors (Lipinski definition) is 3. The van der Waals surface area contributed by atoms with Crippen molar-refractivity contribution < 1.29 is 14.7 Å². The fourth-order valence-corrected chi connectivity index (χ4v) is 1.57. The highest BCUT2D eigenvalue weighted by Crippen LogP contribution is 2.06. The summed E-state index contributed by atoms with van der Waals surface area (Å²) in [6.45, 7) is 7.40. The first-order chi connectivity index (χ1) is 8.38. The summed E-state index contributed by atoms with van der Waals surface area (Å²) in [7, 11) is 0. The van der Waals surface area contributed by atoms with E-state index in [4.69, 9.17) is 5.73 Å². The molecule has 2 amide bonds. The van der Waals surface area contributed by atoms with Crippen molar-refractivity contribution in [3.05, 3.63) is 12.7 Å². The quantitative estimate of drug-likeness (QED) is 0.419. The van der Waals surface area contributed by atoms with Gasteiger partial charge in [-0.1, -0.05) is 19.9 Å². The summed E-state index contributed by atoms with van der Waals surface area (Å²) >= 11 is 0. The third-order valence-electron chi connectivity index (χ3n) is 2.56. The first kappa shape index (κ1) is 16.6. The van der Waals surface area contributed by atoms with Crippen molar-refractivity contribution in [1.29, 1.82) is 0 Å². The number of aliphatic hydroxyl groups is 1. The van der Waals surface area contributed by atoms with Crippen LogP contribution < -0.4 is 11.1 Å². The van der Waals surface area contributed by atoms with Gasteiger partial charge in [-0.15, -0.1) is 6.58 Å². The van der Waals surface area contributed by atoms with E-state index in [0.717, 1.165) is 12.8 Å². The summed E-state index contributed by atoms with van der Waals surface area (Å²) in [5.74, 6) is -0.909. The van der Waals surface area contributed by atoms with Gasteiger partial charge in [-0.25, -0.2) is 0 Å². The molecule has 5 heteroatoms. The summed E-state index contributed by atoms with van der Waals surface area (Å²) in [5.41, 5.74) is 5.21. The molecule has 0 spiro atoms. The summed E-state index contributed by atoms with van der Waals surface area (Å²) in [6.07, 6.45) is 2.96. The molecule has 0 aliphatic heterocycles. The minimum atomic E-state index is -1.09. The van der Waals surface area contributed by atoms with Gasteiger partial charge in [-0.05, 0) is 31.6 Å². The van der Waals surface area contributed by atoms with E-state index < -0.39 is 24.0 Å². The molecule has 4 N–H and O–H groups in total. The lowest BCUT2D eigenvalue weighted by molar-refractivity contribution is -0.133. The third kappa shape index (κ3) is 7.06. The molecule has 5 nitrogen and oxygen atoms in total. The first-order valence-corrected chi connectivity index (χ1v) is 6.27. The molecule has 0 saturated heterocycles. The maximum absolute atomic E-state index is 11.6. The molecule has 0 aromatic heterocycles. The van der Waals surface area contributed by atoms with Crippen molar-refractivity contribution in [2.75, 3.05) is 0 Å². The van der Waals surface area contributed by atoms with E-state index in [2.05, 4.69) is 11.9 Å². The SMILES string of the molecule is C=CCCC[C@H](NC(=O)[C@@H](O)CC(C)C)C(N)=O. The molecule has 0 aromatic carbocycles. The largest absolute Gasteiger partial charge is 0.383 e. The van der Waals surface area contributed by atoms with Crippen LogP contribution in [-0.2, 0) is 9.59 Å². The topological polar surface area (TPSA) is 92.4 Å². The molecule has 104 valence electrons. The number of rotatable bonds is 9.